The van der Waals surface area contributed by atoms with Gasteiger partial charge in [0, 0.05) is 0 Å². The monoisotopic (exact) mass is 357 g/mol. The van der Waals surface area contributed by atoms with Gasteiger partial charge in [0.1, 0.15) is 0 Å². The highest BCUT2D eigenvalue weighted by Gasteiger charge is 2.27. The largest absolute Gasteiger partial charge is 0.493 e. The summed E-state index contributed by atoms with van der Waals surface area (Å²) in [6, 6.07) is 10.5. The van der Waals surface area contributed by atoms with E-state index in [1.165, 1.54) is 16.7 Å². The Morgan fingerprint density at radius 2 is 1.42 bits per heavy atom. The molecule has 0 saturated heterocycles. The van der Waals surface area contributed by atoms with E-state index in [0.29, 0.717) is 0 Å². The summed E-state index contributed by atoms with van der Waals surface area (Å²) in [7, 11) is 8.84. The van der Waals surface area contributed by atoms with Crippen LogP contribution in [0.3, 0.4) is 0 Å². The van der Waals surface area contributed by atoms with Gasteiger partial charge in [0.15, 0.2) is 23.0 Å². The normalized spacial score (nSPS) is 17.2. The Morgan fingerprint density at radius 1 is 0.808 bits per heavy atom. The number of benzene rings is 2. The number of ether oxygens (including phenoxy) is 4. The third-order valence-electron chi connectivity index (χ3n) is 5.06. The van der Waals surface area contributed by atoms with Crippen molar-refractivity contribution in [1.29, 1.82) is 0 Å². The summed E-state index contributed by atoms with van der Waals surface area (Å²) in [5.74, 6) is 3.01. The van der Waals surface area contributed by atoms with Crippen LogP contribution in [0.5, 0.6) is 23.0 Å². The Hall–Kier alpha value is -2.40. The molecule has 0 saturated carbocycles. The van der Waals surface area contributed by atoms with E-state index in [4.69, 9.17) is 18.9 Å². The van der Waals surface area contributed by atoms with Gasteiger partial charge in [-0.25, -0.2) is 0 Å². The standard InChI is InChI=1S/C21H27NO4/c1-22-10-6-7-14-11-19(25-4)20(26-5)13-16(14)21(22)15-8-9-17(23-2)18(12-15)24-3/h8-9,11-13,21H,6-7,10H2,1-5H3. The van der Waals surface area contributed by atoms with Gasteiger partial charge in [0.25, 0.3) is 0 Å². The van der Waals surface area contributed by atoms with Crippen LogP contribution in [0.4, 0.5) is 0 Å². The van der Waals surface area contributed by atoms with Crippen molar-refractivity contribution in [2.24, 2.45) is 0 Å². The molecule has 0 radical (unpaired) electrons. The molecule has 0 amide bonds. The van der Waals surface area contributed by atoms with Crippen LogP contribution in [0.15, 0.2) is 30.3 Å². The number of hydrogen-bond donors (Lipinski definition) is 0. The number of methoxy groups -OCH3 is 4. The number of fused-ring (bicyclic) bond motifs is 1. The molecule has 140 valence electrons. The van der Waals surface area contributed by atoms with Gasteiger partial charge in [-0.2, -0.15) is 0 Å². The molecule has 26 heavy (non-hydrogen) atoms. The molecule has 3 rings (SSSR count). The van der Waals surface area contributed by atoms with Crippen LogP contribution in [0.25, 0.3) is 0 Å². The molecule has 0 fully saturated rings. The van der Waals surface area contributed by atoms with E-state index < -0.39 is 0 Å². The molecule has 1 unspecified atom stereocenters. The fourth-order valence-corrected chi connectivity index (χ4v) is 3.75. The van der Waals surface area contributed by atoms with E-state index >= 15 is 0 Å². The van der Waals surface area contributed by atoms with Crippen molar-refractivity contribution >= 4 is 0 Å². The SMILES string of the molecule is COc1ccc(C2c3cc(OC)c(OC)cc3CCCN2C)cc1OC. The van der Waals surface area contributed by atoms with Crippen molar-refractivity contribution in [3.63, 3.8) is 0 Å². The Labute approximate surface area is 155 Å². The zero-order chi connectivity index (χ0) is 18.7. The molecule has 1 heterocycles. The quantitative estimate of drug-likeness (QED) is 0.816. The summed E-state index contributed by atoms with van der Waals surface area (Å²) in [6.45, 7) is 1.01. The first-order valence-electron chi connectivity index (χ1n) is 8.79. The minimum absolute atomic E-state index is 0.118. The van der Waals surface area contributed by atoms with Crippen molar-refractivity contribution < 1.29 is 18.9 Å². The van der Waals surface area contributed by atoms with Crippen molar-refractivity contribution in [3.05, 3.63) is 47.0 Å². The van der Waals surface area contributed by atoms with Crippen LogP contribution < -0.4 is 18.9 Å². The average molecular weight is 357 g/mol. The number of aryl methyl sites for hydroxylation is 1. The minimum Gasteiger partial charge on any atom is -0.493 e. The minimum atomic E-state index is 0.118. The van der Waals surface area contributed by atoms with E-state index in [9.17, 15) is 0 Å². The van der Waals surface area contributed by atoms with Gasteiger partial charge in [-0.15, -0.1) is 0 Å². The zero-order valence-electron chi connectivity index (χ0n) is 16.2. The van der Waals surface area contributed by atoms with Crippen molar-refractivity contribution in [2.45, 2.75) is 18.9 Å². The van der Waals surface area contributed by atoms with Crippen LogP contribution in [0.1, 0.15) is 29.2 Å². The summed E-state index contributed by atoms with van der Waals surface area (Å²) in [5, 5.41) is 0. The maximum atomic E-state index is 5.56. The van der Waals surface area contributed by atoms with Gasteiger partial charge in [-0.1, -0.05) is 6.07 Å². The van der Waals surface area contributed by atoms with Crippen LogP contribution in [-0.2, 0) is 6.42 Å². The summed E-state index contributed by atoms with van der Waals surface area (Å²) in [4.78, 5) is 2.37. The lowest BCUT2D eigenvalue weighted by Gasteiger charge is -2.29. The predicted molar refractivity (Wildman–Crippen MR) is 102 cm³/mol. The second kappa shape index (κ2) is 7.87. The maximum Gasteiger partial charge on any atom is 0.161 e. The van der Waals surface area contributed by atoms with Crippen LogP contribution in [0.2, 0.25) is 0 Å². The number of nitrogens with zero attached hydrogens (tertiary/aromatic N) is 1. The molecule has 2 aromatic rings. The Bertz CT molecular complexity index is 775. The van der Waals surface area contributed by atoms with Crippen molar-refractivity contribution in [1.82, 2.24) is 4.90 Å². The zero-order valence-corrected chi connectivity index (χ0v) is 16.2. The van der Waals surface area contributed by atoms with Crippen LogP contribution >= 0.6 is 0 Å². The van der Waals surface area contributed by atoms with Gasteiger partial charge in [0.05, 0.1) is 34.5 Å². The van der Waals surface area contributed by atoms with E-state index in [-0.39, 0.29) is 6.04 Å². The Morgan fingerprint density at radius 3 is 2.08 bits per heavy atom. The van der Waals surface area contributed by atoms with E-state index in [1.807, 2.05) is 6.07 Å². The summed E-state index contributed by atoms with van der Waals surface area (Å²) in [6.07, 6.45) is 2.12. The lowest BCUT2D eigenvalue weighted by atomic mass is 9.92. The average Bonchev–Trinajstić information content (AvgIpc) is 2.83. The molecule has 1 aliphatic rings. The molecule has 0 spiro atoms. The first-order chi connectivity index (χ1) is 12.6. The fraction of sp³-hybridized carbons (Fsp3) is 0.429. The van der Waals surface area contributed by atoms with Crippen molar-refractivity contribution in [3.8, 4) is 23.0 Å². The second-order valence-corrected chi connectivity index (χ2v) is 6.51. The number of hydrogen-bond acceptors (Lipinski definition) is 5. The van der Waals surface area contributed by atoms with Gasteiger partial charge in [0.2, 0.25) is 0 Å². The van der Waals surface area contributed by atoms with Gasteiger partial charge < -0.3 is 18.9 Å². The van der Waals surface area contributed by atoms with E-state index in [0.717, 1.165) is 42.4 Å². The molecular formula is C21H27NO4. The Kier molecular flexibility index (Phi) is 5.57. The molecule has 5 heteroatoms. The molecule has 1 atom stereocenters. The van der Waals surface area contributed by atoms with E-state index in [2.05, 4.69) is 36.2 Å². The van der Waals surface area contributed by atoms with E-state index in [1.54, 1.807) is 28.4 Å². The Balaban J connectivity index is 2.15. The highest BCUT2D eigenvalue weighted by molar-refractivity contribution is 5.53. The lowest BCUT2D eigenvalue weighted by Crippen LogP contribution is -2.25. The highest BCUT2D eigenvalue weighted by Crippen LogP contribution is 2.41. The van der Waals surface area contributed by atoms with Crippen molar-refractivity contribution in [2.75, 3.05) is 42.0 Å². The van der Waals surface area contributed by atoms with Crippen LogP contribution in [-0.4, -0.2) is 46.9 Å². The third-order valence-corrected chi connectivity index (χ3v) is 5.06. The molecule has 5 nitrogen and oxygen atoms in total. The highest BCUT2D eigenvalue weighted by atomic mass is 16.5. The molecule has 0 aromatic heterocycles. The topological polar surface area (TPSA) is 40.2 Å². The summed E-state index contributed by atoms with van der Waals surface area (Å²) >= 11 is 0. The summed E-state index contributed by atoms with van der Waals surface area (Å²) < 4.78 is 22.0. The predicted octanol–water partition coefficient (Wildman–Crippen LogP) is 3.69. The first kappa shape index (κ1) is 18.4. The molecule has 1 aliphatic heterocycles. The molecule has 0 N–H and O–H groups in total. The molecule has 0 aliphatic carbocycles. The third kappa shape index (κ3) is 3.31. The molecular weight excluding hydrogens is 330 g/mol. The smallest absolute Gasteiger partial charge is 0.161 e. The lowest BCUT2D eigenvalue weighted by molar-refractivity contribution is 0.282. The fourth-order valence-electron chi connectivity index (χ4n) is 3.75. The van der Waals surface area contributed by atoms with Crippen LogP contribution in [0, 0.1) is 0 Å². The summed E-state index contributed by atoms with van der Waals surface area (Å²) in [5.41, 5.74) is 3.71. The maximum absolute atomic E-state index is 5.56. The van der Waals surface area contributed by atoms with Gasteiger partial charge >= 0.3 is 0 Å². The van der Waals surface area contributed by atoms with Gasteiger partial charge in [-0.05, 0) is 67.4 Å². The second-order valence-electron chi connectivity index (χ2n) is 6.51. The number of rotatable bonds is 5. The van der Waals surface area contributed by atoms with Gasteiger partial charge in [-0.3, -0.25) is 4.90 Å². The first-order valence-corrected chi connectivity index (χ1v) is 8.79. The molecule has 2 aromatic carbocycles. The molecule has 0 bridgehead atoms.